The van der Waals surface area contributed by atoms with E-state index < -0.39 is 12.1 Å². The maximum Gasteiger partial charge on any atom is 0.515 e. The first-order chi connectivity index (χ1) is 6.22. The van der Waals surface area contributed by atoms with E-state index in [1.54, 1.807) is 18.3 Å². The summed E-state index contributed by atoms with van der Waals surface area (Å²) in [4.78, 5) is 24.2. The molecule has 1 N–H and O–H groups in total. The molecule has 13 heavy (non-hydrogen) atoms. The van der Waals surface area contributed by atoms with Crippen molar-refractivity contribution < 1.29 is 19.1 Å². The second-order valence-corrected chi connectivity index (χ2v) is 2.30. The summed E-state index contributed by atoms with van der Waals surface area (Å²) in [7, 11) is 1.14. The molecule has 0 aliphatic carbocycles. The average molecular weight is 183 g/mol. The molecule has 0 amide bonds. The summed E-state index contributed by atoms with van der Waals surface area (Å²) < 4.78 is 8.40. The molecule has 1 heterocycles. The minimum Gasteiger partial charge on any atom is -0.437 e. The van der Waals surface area contributed by atoms with Crippen molar-refractivity contribution in [2.24, 2.45) is 0 Å². The molecule has 70 valence electrons. The number of esters is 1. The highest BCUT2D eigenvalue weighted by molar-refractivity contribution is 5.82. The number of H-pyrrole nitrogens is 1. The highest BCUT2D eigenvalue weighted by atomic mass is 16.7. The predicted octanol–water partition coefficient (Wildman–Crippen LogP) is 0.867. The minimum absolute atomic E-state index is 0.0299. The predicted molar refractivity (Wildman–Crippen MR) is 43.0 cm³/mol. The molecular weight excluding hydrogens is 174 g/mol. The van der Waals surface area contributed by atoms with Gasteiger partial charge in [0.2, 0.25) is 0 Å². The van der Waals surface area contributed by atoms with Crippen LogP contribution in [0.25, 0.3) is 0 Å². The molecule has 0 unspecified atom stereocenters. The summed E-state index contributed by atoms with van der Waals surface area (Å²) in [5.41, 5.74) is 0.689. The molecule has 1 aromatic heterocycles. The summed E-state index contributed by atoms with van der Waals surface area (Å²) in [5, 5.41) is 0. The first-order valence-electron chi connectivity index (χ1n) is 3.63. The summed E-state index contributed by atoms with van der Waals surface area (Å²) >= 11 is 0. The van der Waals surface area contributed by atoms with Crippen LogP contribution in [0.5, 0.6) is 0 Å². The van der Waals surface area contributed by atoms with Gasteiger partial charge in [0, 0.05) is 11.9 Å². The average Bonchev–Trinajstić information content (AvgIpc) is 2.56. The Morgan fingerprint density at radius 2 is 2.31 bits per heavy atom. The lowest BCUT2D eigenvalue weighted by Gasteiger charge is -1.98. The number of hydrogen-bond acceptors (Lipinski definition) is 4. The van der Waals surface area contributed by atoms with Crippen LogP contribution < -0.4 is 0 Å². The molecule has 5 heteroatoms. The van der Waals surface area contributed by atoms with Gasteiger partial charge in [-0.05, 0) is 12.1 Å². The summed E-state index contributed by atoms with van der Waals surface area (Å²) in [6.45, 7) is 0. The second-order valence-electron chi connectivity index (χ2n) is 2.30. The van der Waals surface area contributed by atoms with E-state index in [-0.39, 0.29) is 6.42 Å². The maximum absolute atomic E-state index is 10.9. The van der Waals surface area contributed by atoms with Gasteiger partial charge in [-0.15, -0.1) is 0 Å². The van der Waals surface area contributed by atoms with Gasteiger partial charge in [-0.25, -0.2) is 4.79 Å². The highest BCUT2D eigenvalue weighted by Crippen LogP contribution is 1.97. The molecule has 0 aromatic carbocycles. The topological polar surface area (TPSA) is 68.4 Å². The summed E-state index contributed by atoms with van der Waals surface area (Å²) in [6, 6.07) is 3.47. The molecule has 0 bridgehead atoms. The molecule has 0 spiro atoms. The zero-order chi connectivity index (χ0) is 9.68. The van der Waals surface area contributed by atoms with Crippen LogP contribution in [-0.4, -0.2) is 24.2 Å². The Labute approximate surface area is 74.7 Å². The van der Waals surface area contributed by atoms with Gasteiger partial charge in [-0.2, -0.15) is 0 Å². The molecule has 0 radical (unpaired) electrons. The zero-order valence-electron chi connectivity index (χ0n) is 7.07. The number of methoxy groups -OCH3 is 1. The number of ether oxygens (including phenoxy) is 2. The normalized spacial score (nSPS) is 9.31. The Morgan fingerprint density at radius 1 is 1.54 bits per heavy atom. The lowest BCUT2D eigenvalue weighted by molar-refractivity contribution is -0.138. The van der Waals surface area contributed by atoms with E-state index in [1.165, 1.54) is 0 Å². The smallest absolute Gasteiger partial charge is 0.437 e. The minimum atomic E-state index is -0.989. The fraction of sp³-hybridized carbons (Fsp3) is 0.250. The monoisotopic (exact) mass is 183 g/mol. The van der Waals surface area contributed by atoms with E-state index >= 15 is 0 Å². The van der Waals surface area contributed by atoms with Crippen LogP contribution in [0.15, 0.2) is 18.3 Å². The van der Waals surface area contributed by atoms with E-state index in [0.717, 1.165) is 7.11 Å². The lowest BCUT2D eigenvalue weighted by atomic mass is 10.3. The largest absolute Gasteiger partial charge is 0.515 e. The van der Waals surface area contributed by atoms with E-state index in [4.69, 9.17) is 0 Å². The van der Waals surface area contributed by atoms with Crippen LogP contribution in [0.1, 0.15) is 5.69 Å². The standard InChI is InChI=1S/C8H9NO4/c1-12-8(11)13-7(10)5-6-3-2-4-9-6/h2-4,9H,5H2,1H3. The van der Waals surface area contributed by atoms with Crippen molar-refractivity contribution in [3.8, 4) is 0 Å². The van der Waals surface area contributed by atoms with Crippen molar-refractivity contribution in [1.29, 1.82) is 0 Å². The molecule has 0 fully saturated rings. The number of carbonyl (C=O) groups is 2. The van der Waals surface area contributed by atoms with Gasteiger partial charge in [0.05, 0.1) is 13.5 Å². The number of hydrogen-bond donors (Lipinski definition) is 1. The van der Waals surface area contributed by atoms with Crippen LogP contribution in [-0.2, 0) is 20.7 Å². The number of carbonyl (C=O) groups excluding carboxylic acids is 2. The van der Waals surface area contributed by atoms with Crippen LogP contribution in [0.4, 0.5) is 4.79 Å². The van der Waals surface area contributed by atoms with Gasteiger partial charge in [0.1, 0.15) is 0 Å². The fourth-order valence-electron chi connectivity index (χ4n) is 0.804. The SMILES string of the molecule is COC(=O)OC(=O)Cc1ccc[nH]1. The highest BCUT2D eigenvalue weighted by Gasteiger charge is 2.10. The van der Waals surface area contributed by atoms with Crippen LogP contribution in [0.2, 0.25) is 0 Å². The molecule has 0 saturated carbocycles. The van der Waals surface area contributed by atoms with Crippen LogP contribution >= 0.6 is 0 Å². The van der Waals surface area contributed by atoms with Gasteiger partial charge >= 0.3 is 12.1 Å². The molecule has 5 nitrogen and oxygen atoms in total. The van der Waals surface area contributed by atoms with E-state index in [1.807, 2.05) is 0 Å². The Bertz CT molecular complexity index is 291. The first kappa shape index (κ1) is 9.31. The van der Waals surface area contributed by atoms with Gasteiger partial charge in [-0.1, -0.05) is 0 Å². The third-order valence-corrected chi connectivity index (χ3v) is 1.36. The van der Waals surface area contributed by atoms with E-state index in [2.05, 4.69) is 14.5 Å². The third kappa shape index (κ3) is 2.98. The van der Waals surface area contributed by atoms with Crippen LogP contribution in [0.3, 0.4) is 0 Å². The Hall–Kier alpha value is -1.78. The van der Waals surface area contributed by atoms with Crippen molar-refractivity contribution in [2.75, 3.05) is 7.11 Å². The van der Waals surface area contributed by atoms with Gasteiger partial charge < -0.3 is 14.5 Å². The fourth-order valence-corrected chi connectivity index (χ4v) is 0.804. The third-order valence-electron chi connectivity index (χ3n) is 1.36. The zero-order valence-corrected chi connectivity index (χ0v) is 7.07. The molecule has 0 saturated heterocycles. The Balaban J connectivity index is 2.38. The number of aromatic nitrogens is 1. The summed E-state index contributed by atoms with van der Waals surface area (Å²) in [6.07, 6.45) is 0.722. The van der Waals surface area contributed by atoms with Gasteiger partial charge in [0.15, 0.2) is 0 Å². The Morgan fingerprint density at radius 3 is 2.85 bits per heavy atom. The van der Waals surface area contributed by atoms with Gasteiger partial charge in [0.25, 0.3) is 0 Å². The molecule has 0 atom stereocenters. The lowest BCUT2D eigenvalue weighted by Crippen LogP contribution is -2.14. The van der Waals surface area contributed by atoms with Crippen LogP contribution in [0, 0.1) is 0 Å². The second kappa shape index (κ2) is 4.30. The first-order valence-corrected chi connectivity index (χ1v) is 3.63. The van der Waals surface area contributed by atoms with E-state index in [9.17, 15) is 9.59 Å². The van der Waals surface area contributed by atoms with Crippen molar-refractivity contribution in [3.63, 3.8) is 0 Å². The number of rotatable bonds is 2. The molecule has 1 aromatic rings. The van der Waals surface area contributed by atoms with Crippen molar-refractivity contribution in [3.05, 3.63) is 24.0 Å². The maximum atomic E-state index is 10.9. The van der Waals surface area contributed by atoms with Crippen molar-refractivity contribution in [1.82, 2.24) is 4.98 Å². The van der Waals surface area contributed by atoms with Crippen molar-refractivity contribution in [2.45, 2.75) is 6.42 Å². The molecule has 1 rings (SSSR count). The number of nitrogens with one attached hydrogen (secondary N) is 1. The summed E-state index contributed by atoms with van der Waals surface area (Å²) in [5.74, 6) is -0.644. The Kier molecular flexibility index (Phi) is 3.08. The van der Waals surface area contributed by atoms with Crippen molar-refractivity contribution >= 4 is 12.1 Å². The molecular formula is C8H9NO4. The quantitative estimate of drug-likeness (QED) is 0.545. The number of aromatic amines is 1. The molecule has 0 aliphatic heterocycles. The van der Waals surface area contributed by atoms with Gasteiger partial charge in [-0.3, -0.25) is 4.79 Å². The van der Waals surface area contributed by atoms with E-state index in [0.29, 0.717) is 5.69 Å². The molecule has 0 aliphatic rings.